The highest BCUT2D eigenvalue weighted by molar-refractivity contribution is 7.17. The summed E-state index contributed by atoms with van der Waals surface area (Å²) in [4.78, 5) is 8.11. The maximum atomic E-state index is 4.58. The molecule has 0 spiro atoms. The van der Waals surface area contributed by atoms with Crippen molar-refractivity contribution in [2.24, 2.45) is 5.10 Å². The Balaban J connectivity index is 1.74. The van der Waals surface area contributed by atoms with Crippen LogP contribution in [0.1, 0.15) is 9.75 Å². The summed E-state index contributed by atoms with van der Waals surface area (Å²) < 4.78 is 0. The molecule has 6 heteroatoms. The van der Waals surface area contributed by atoms with E-state index in [0.717, 1.165) is 15.7 Å². The highest BCUT2D eigenvalue weighted by Crippen LogP contribution is 2.32. The topological polar surface area (TPSA) is 37.3 Å². The number of hydrogen-bond acceptors (Lipinski definition) is 6. The smallest absolute Gasteiger partial charge is 0.204 e. The SMILES string of the molecule is Cc1sc(N/N=C\c2cccs2)nc1-c1cccs1. The van der Waals surface area contributed by atoms with Gasteiger partial charge in [-0.3, -0.25) is 5.43 Å². The van der Waals surface area contributed by atoms with Gasteiger partial charge >= 0.3 is 0 Å². The summed E-state index contributed by atoms with van der Waals surface area (Å²) >= 11 is 4.99. The fourth-order valence-electron chi connectivity index (χ4n) is 1.60. The van der Waals surface area contributed by atoms with Gasteiger partial charge < -0.3 is 0 Å². The van der Waals surface area contributed by atoms with E-state index in [2.05, 4.69) is 33.9 Å². The molecular formula is C13H11N3S3. The van der Waals surface area contributed by atoms with E-state index < -0.39 is 0 Å². The number of aromatic nitrogens is 1. The highest BCUT2D eigenvalue weighted by Gasteiger charge is 2.09. The molecule has 0 aliphatic rings. The molecule has 0 unspecified atom stereocenters. The van der Waals surface area contributed by atoms with E-state index in [4.69, 9.17) is 0 Å². The molecule has 3 heterocycles. The first-order valence-corrected chi connectivity index (χ1v) is 8.24. The predicted octanol–water partition coefficient (Wildman–Crippen LogP) is 4.69. The van der Waals surface area contributed by atoms with Crippen LogP contribution in [0.3, 0.4) is 0 Å². The van der Waals surface area contributed by atoms with Crippen LogP contribution in [0.5, 0.6) is 0 Å². The molecule has 0 aliphatic carbocycles. The Kier molecular flexibility index (Phi) is 3.72. The molecule has 0 atom stereocenters. The molecule has 0 saturated heterocycles. The molecule has 0 aliphatic heterocycles. The maximum absolute atomic E-state index is 4.58. The summed E-state index contributed by atoms with van der Waals surface area (Å²) in [7, 11) is 0. The number of nitrogens with zero attached hydrogens (tertiary/aromatic N) is 2. The van der Waals surface area contributed by atoms with Crippen molar-refractivity contribution >= 4 is 45.4 Å². The molecule has 0 radical (unpaired) electrons. The summed E-state index contributed by atoms with van der Waals surface area (Å²) in [6.45, 7) is 2.08. The van der Waals surface area contributed by atoms with Crippen LogP contribution < -0.4 is 5.43 Å². The first-order chi connectivity index (χ1) is 9.33. The van der Waals surface area contributed by atoms with Crippen molar-refractivity contribution in [1.29, 1.82) is 0 Å². The van der Waals surface area contributed by atoms with Crippen LogP contribution in [-0.4, -0.2) is 11.2 Å². The van der Waals surface area contributed by atoms with Gasteiger partial charge in [0, 0.05) is 9.75 Å². The van der Waals surface area contributed by atoms with E-state index >= 15 is 0 Å². The molecule has 1 N–H and O–H groups in total. The van der Waals surface area contributed by atoms with E-state index in [9.17, 15) is 0 Å². The summed E-state index contributed by atoms with van der Waals surface area (Å²) in [5.74, 6) is 0. The maximum Gasteiger partial charge on any atom is 0.204 e. The number of nitrogens with one attached hydrogen (secondary N) is 1. The minimum absolute atomic E-state index is 0.828. The largest absolute Gasteiger partial charge is 0.253 e. The third-order valence-corrected chi connectivity index (χ3v) is 5.01. The molecule has 96 valence electrons. The number of thiophene rings is 2. The van der Waals surface area contributed by atoms with Crippen LogP contribution in [0, 0.1) is 6.92 Å². The Morgan fingerprint density at radius 3 is 2.79 bits per heavy atom. The average Bonchev–Trinajstić information content (AvgIpc) is 3.10. The van der Waals surface area contributed by atoms with Crippen molar-refractivity contribution < 1.29 is 0 Å². The van der Waals surface area contributed by atoms with Crippen LogP contribution in [0.15, 0.2) is 40.1 Å². The third-order valence-electron chi connectivity index (χ3n) is 2.45. The van der Waals surface area contributed by atoms with Crippen molar-refractivity contribution in [2.75, 3.05) is 5.43 Å². The van der Waals surface area contributed by atoms with Gasteiger partial charge in [0.1, 0.15) is 0 Å². The fourth-order valence-corrected chi connectivity index (χ4v) is 3.80. The summed E-state index contributed by atoms with van der Waals surface area (Å²) in [6, 6.07) is 8.17. The molecule has 0 saturated carbocycles. The molecule has 3 aromatic heterocycles. The minimum atomic E-state index is 0.828. The van der Waals surface area contributed by atoms with E-state index in [0.29, 0.717) is 0 Å². The quantitative estimate of drug-likeness (QED) is 0.561. The number of hydrogen-bond donors (Lipinski definition) is 1. The van der Waals surface area contributed by atoms with Gasteiger partial charge in [-0.15, -0.1) is 34.0 Å². The number of aryl methyl sites for hydroxylation is 1. The minimum Gasteiger partial charge on any atom is -0.253 e. The van der Waals surface area contributed by atoms with Gasteiger partial charge in [0.15, 0.2) is 0 Å². The van der Waals surface area contributed by atoms with Crippen molar-refractivity contribution in [3.63, 3.8) is 0 Å². The second kappa shape index (κ2) is 5.64. The lowest BCUT2D eigenvalue weighted by Gasteiger charge is -1.92. The standard InChI is InChI=1S/C13H11N3S3/c1-9-12(11-5-3-7-18-11)15-13(19-9)16-14-8-10-4-2-6-17-10/h2-8H,1H3,(H,15,16)/b14-8-. The number of thiazole rings is 1. The summed E-state index contributed by atoms with van der Waals surface area (Å²) in [6.07, 6.45) is 1.81. The molecule has 0 bridgehead atoms. The molecule has 0 fully saturated rings. The average molecular weight is 305 g/mol. The zero-order valence-electron chi connectivity index (χ0n) is 10.2. The zero-order valence-corrected chi connectivity index (χ0v) is 12.6. The van der Waals surface area contributed by atoms with E-state index in [1.54, 1.807) is 34.0 Å². The van der Waals surface area contributed by atoms with Crippen LogP contribution in [0.2, 0.25) is 0 Å². The lowest BCUT2D eigenvalue weighted by molar-refractivity contribution is 1.29. The fraction of sp³-hybridized carbons (Fsp3) is 0.0769. The molecule has 3 rings (SSSR count). The van der Waals surface area contributed by atoms with Gasteiger partial charge in [-0.25, -0.2) is 4.98 Å². The second-order valence-electron chi connectivity index (χ2n) is 3.79. The van der Waals surface area contributed by atoms with Crippen LogP contribution >= 0.6 is 34.0 Å². The molecule has 3 aromatic rings. The van der Waals surface area contributed by atoms with Crippen molar-refractivity contribution in [3.8, 4) is 10.6 Å². The molecule has 19 heavy (non-hydrogen) atoms. The first kappa shape index (κ1) is 12.5. The predicted molar refractivity (Wildman–Crippen MR) is 85.7 cm³/mol. The Morgan fingerprint density at radius 1 is 1.21 bits per heavy atom. The monoisotopic (exact) mass is 305 g/mol. The zero-order chi connectivity index (χ0) is 13.1. The third kappa shape index (κ3) is 2.91. The Bertz CT molecular complexity index is 666. The van der Waals surface area contributed by atoms with Crippen LogP contribution in [0.25, 0.3) is 10.6 Å². The van der Waals surface area contributed by atoms with Crippen molar-refractivity contribution in [2.45, 2.75) is 6.92 Å². The first-order valence-electron chi connectivity index (χ1n) is 5.67. The molecule has 0 amide bonds. The van der Waals surface area contributed by atoms with E-state index in [1.807, 2.05) is 29.8 Å². The highest BCUT2D eigenvalue weighted by atomic mass is 32.1. The lowest BCUT2D eigenvalue weighted by Crippen LogP contribution is -1.88. The Hall–Kier alpha value is -1.50. The van der Waals surface area contributed by atoms with Crippen molar-refractivity contribution in [3.05, 3.63) is 44.8 Å². The Morgan fingerprint density at radius 2 is 2.05 bits per heavy atom. The number of rotatable bonds is 4. The van der Waals surface area contributed by atoms with Crippen LogP contribution in [-0.2, 0) is 0 Å². The summed E-state index contributed by atoms with van der Waals surface area (Å²) in [5, 5.41) is 9.13. The van der Waals surface area contributed by atoms with Gasteiger partial charge in [-0.1, -0.05) is 12.1 Å². The van der Waals surface area contributed by atoms with Gasteiger partial charge in [-0.2, -0.15) is 5.10 Å². The number of hydrazone groups is 1. The van der Waals surface area contributed by atoms with Gasteiger partial charge in [0.2, 0.25) is 5.13 Å². The van der Waals surface area contributed by atoms with Crippen molar-refractivity contribution in [1.82, 2.24) is 4.98 Å². The normalized spacial score (nSPS) is 11.2. The lowest BCUT2D eigenvalue weighted by atomic mass is 10.3. The van der Waals surface area contributed by atoms with E-state index in [1.165, 1.54) is 9.75 Å². The molecule has 0 aromatic carbocycles. The van der Waals surface area contributed by atoms with Gasteiger partial charge in [0.05, 0.1) is 16.8 Å². The van der Waals surface area contributed by atoms with Crippen LogP contribution in [0.4, 0.5) is 5.13 Å². The van der Waals surface area contributed by atoms with E-state index in [-0.39, 0.29) is 0 Å². The number of anilines is 1. The Labute approximate surface area is 123 Å². The molecular weight excluding hydrogens is 294 g/mol. The van der Waals surface area contributed by atoms with Gasteiger partial charge in [0.25, 0.3) is 0 Å². The molecule has 3 nitrogen and oxygen atoms in total. The van der Waals surface area contributed by atoms with Gasteiger partial charge in [-0.05, 0) is 29.8 Å². The second-order valence-corrected chi connectivity index (χ2v) is 6.92. The summed E-state index contributed by atoms with van der Waals surface area (Å²) in [5.41, 5.74) is 4.04.